The van der Waals surface area contributed by atoms with Gasteiger partial charge in [0.2, 0.25) is 0 Å². The van der Waals surface area contributed by atoms with Gasteiger partial charge >= 0.3 is 5.97 Å². The van der Waals surface area contributed by atoms with Crippen LogP contribution < -0.4 is 0 Å². The van der Waals surface area contributed by atoms with Crippen LogP contribution in [-0.2, 0) is 19.7 Å². The maximum atomic E-state index is 12.0. The van der Waals surface area contributed by atoms with Gasteiger partial charge in [-0.25, -0.2) is 0 Å². The molecule has 0 aliphatic carbocycles. The van der Waals surface area contributed by atoms with Crippen LogP contribution in [0.5, 0.6) is 0 Å². The second-order valence-corrected chi connectivity index (χ2v) is 5.95. The highest BCUT2D eigenvalue weighted by atomic mass is 16.5. The molecule has 4 nitrogen and oxygen atoms in total. The van der Waals surface area contributed by atoms with Crippen LogP contribution in [-0.4, -0.2) is 24.1 Å². The smallest absolute Gasteiger partial charge is 0.313 e. The van der Waals surface area contributed by atoms with E-state index in [-0.39, 0.29) is 30.6 Å². The molecular formula is C17H22O4. The Morgan fingerprint density at radius 3 is 2.05 bits per heavy atom. The quantitative estimate of drug-likeness (QED) is 0.459. The number of ether oxygens (including phenoxy) is 1. The number of esters is 1. The lowest BCUT2D eigenvalue weighted by molar-refractivity contribution is -0.145. The number of carbonyl (C=O) groups is 3. The maximum absolute atomic E-state index is 12.0. The van der Waals surface area contributed by atoms with Crippen LogP contribution in [0, 0.1) is 0 Å². The van der Waals surface area contributed by atoms with Crippen LogP contribution in [0.2, 0.25) is 0 Å². The predicted molar refractivity (Wildman–Crippen MR) is 80.3 cm³/mol. The van der Waals surface area contributed by atoms with Crippen LogP contribution >= 0.6 is 0 Å². The topological polar surface area (TPSA) is 60.4 Å². The maximum Gasteiger partial charge on any atom is 0.313 e. The van der Waals surface area contributed by atoms with E-state index in [0.29, 0.717) is 5.56 Å². The molecule has 1 aromatic carbocycles. The largest absolute Gasteiger partial charge is 0.466 e. The van der Waals surface area contributed by atoms with Gasteiger partial charge in [0.25, 0.3) is 0 Å². The van der Waals surface area contributed by atoms with Crippen molar-refractivity contribution in [3.05, 3.63) is 35.4 Å². The molecule has 0 aromatic heterocycles. The van der Waals surface area contributed by atoms with Gasteiger partial charge in [-0.15, -0.1) is 0 Å². The summed E-state index contributed by atoms with van der Waals surface area (Å²) in [4.78, 5) is 34.8. The standard InChI is InChI=1S/C17H22O4/c1-5-21-16(20)11-14(18)10-15(19)12-6-8-13(9-7-12)17(2,3)4/h6-9H,5,10-11H2,1-4H3. The lowest BCUT2D eigenvalue weighted by Gasteiger charge is -2.18. The van der Waals surface area contributed by atoms with Gasteiger partial charge in [0.05, 0.1) is 13.0 Å². The molecule has 21 heavy (non-hydrogen) atoms. The van der Waals surface area contributed by atoms with E-state index in [9.17, 15) is 14.4 Å². The average Bonchev–Trinajstić information content (AvgIpc) is 2.37. The second kappa shape index (κ2) is 7.16. The van der Waals surface area contributed by atoms with Crippen LogP contribution in [0.3, 0.4) is 0 Å². The van der Waals surface area contributed by atoms with Crippen LogP contribution in [0.25, 0.3) is 0 Å². The molecule has 0 amide bonds. The Hall–Kier alpha value is -1.97. The van der Waals surface area contributed by atoms with Crippen molar-refractivity contribution in [2.24, 2.45) is 0 Å². The average molecular weight is 290 g/mol. The first-order valence-electron chi connectivity index (χ1n) is 7.05. The third-order valence-electron chi connectivity index (χ3n) is 3.08. The van der Waals surface area contributed by atoms with E-state index in [2.05, 4.69) is 25.5 Å². The van der Waals surface area contributed by atoms with Gasteiger partial charge in [0, 0.05) is 5.56 Å². The summed E-state index contributed by atoms with van der Waals surface area (Å²) < 4.78 is 4.68. The first kappa shape index (κ1) is 17.1. The van der Waals surface area contributed by atoms with Crippen LogP contribution in [0.15, 0.2) is 24.3 Å². The number of rotatable bonds is 6. The van der Waals surface area contributed by atoms with Crippen molar-refractivity contribution in [1.82, 2.24) is 0 Å². The minimum Gasteiger partial charge on any atom is -0.466 e. The van der Waals surface area contributed by atoms with E-state index in [1.54, 1.807) is 19.1 Å². The molecule has 0 aliphatic rings. The number of hydrogen-bond donors (Lipinski definition) is 0. The molecular weight excluding hydrogens is 268 g/mol. The number of Topliss-reactive ketones (excluding diaryl/α,β-unsaturated/α-hetero) is 2. The third-order valence-corrected chi connectivity index (χ3v) is 3.08. The van der Waals surface area contributed by atoms with Gasteiger partial charge in [-0.2, -0.15) is 0 Å². The van der Waals surface area contributed by atoms with Crippen molar-refractivity contribution in [3.8, 4) is 0 Å². The molecule has 0 unspecified atom stereocenters. The molecule has 0 atom stereocenters. The van der Waals surface area contributed by atoms with Crippen LogP contribution in [0.4, 0.5) is 0 Å². The molecule has 0 heterocycles. The van der Waals surface area contributed by atoms with E-state index in [1.807, 2.05) is 12.1 Å². The monoisotopic (exact) mass is 290 g/mol. The van der Waals surface area contributed by atoms with Crippen molar-refractivity contribution < 1.29 is 19.1 Å². The molecule has 0 N–H and O–H groups in total. The van der Waals surface area contributed by atoms with Crippen molar-refractivity contribution in [2.75, 3.05) is 6.61 Å². The zero-order valence-electron chi connectivity index (χ0n) is 13.1. The van der Waals surface area contributed by atoms with Crippen molar-refractivity contribution in [3.63, 3.8) is 0 Å². The Bertz CT molecular complexity index is 521. The van der Waals surface area contributed by atoms with E-state index in [1.165, 1.54) is 0 Å². The highest BCUT2D eigenvalue weighted by molar-refractivity contribution is 6.11. The highest BCUT2D eigenvalue weighted by Gasteiger charge is 2.17. The van der Waals surface area contributed by atoms with Crippen molar-refractivity contribution >= 4 is 17.5 Å². The van der Waals surface area contributed by atoms with Crippen molar-refractivity contribution in [1.29, 1.82) is 0 Å². The molecule has 0 fully saturated rings. The minimum atomic E-state index is -0.585. The molecule has 0 saturated carbocycles. The first-order chi connectivity index (χ1) is 9.74. The Morgan fingerprint density at radius 1 is 1.00 bits per heavy atom. The van der Waals surface area contributed by atoms with E-state index in [0.717, 1.165) is 5.56 Å². The molecule has 0 aliphatic heterocycles. The van der Waals surface area contributed by atoms with Gasteiger partial charge in [0.15, 0.2) is 11.6 Å². The summed E-state index contributed by atoms with van der Waals surface area (Å²) in [7, 11) is 0. The Morgan fingerprint density at radius 2 is 1.57 bits per heavy atom. The van der Waals surface area contributed by atoms with Gasteiger partial charge in [-0.05, 0) is 17.9 Å². The summed E-state index contributed by atoms with van der Waals surface area (Å²) in [5, 5.41) is 0. The molecule has 1 rings (SSSR count). The molecule has 0 saturated heterocycles. The fourth-order valence-electron chi connectivity index (χ4n) is 1.87. The third kappa shape index (κ3) is 5.50. The lowest BCUT2D eigenvalue weighted by atomic mass is 9.86. The number of hydrogen-bond acceptors (Lipinski definition) is 4. The van der Waals surface area contributed by atoms with E-state index < -0.39 is 11.8 Å². The van der Waals surface area contributed by atoms with Gasteiger partial charge in [-0.3, -0.25) is 14.4 Å². The van der Waals surface area contributed by atoms with Crippen LogP contribution in [0.1, 0.15) is 56.5 Å². The molecule has 0 radical (unpaired) electrons. The first-order valence-corrected chi connectivity index (χ1v) is 7.05. The highest BCUT2D eigenvalue weighted by Crippen LogP contribution is 2.22. The van der Waals surface area contributed by atoms with Gasteiger partial charge in [0.1, 0.15) is 6.42 Å². The summed E-state index contributed by atoms with van der Waals surface area (Å²) in [6.45, 7) is 8.17. The van der Waals surface area contributed by atoms with Crippen molar-refractivity contribution in [2.45, 2.75) is 46.0 Å². The fourth-order valence-corrected chi connectivity index (χ4v) is 1.87. The lowest BCUT2D eigenvalue weighted by Crippen LogP contribution is -2.15. The fraction of sp³-hybridized carbons (Fsp3) is 0.471. The normalized spacial score (nSPS) is 11.0. The zero-order chi connectivity index (χ0) is 16.0. The number of benzene rings is 1. The summed E-state index contributed by atoms with van der Waals surface area (Å²) in [5.41, 5.74) is 1.62. The molecule has 0 bridgehead atoms. The minimum absolute atomic E-state index is 0.0152. The van der Waals surface area contributed by atoms with Gasteiger partial charge in [-0.1, -0.05) is 45.0 Å². The molecule has 0 spiro atoms. The summed E-state index contributed by atoms with van der Waals surface area (Å²) in [6, 6.07) is 7.23. The van der Waals surface area contributed by atoms with E-state index in [4.69, 9.17) is 0 Å². The summed E-state index contributed by atoms with van der Waals surface area (Å²) >= 11 is 0. The Balaban J connectivity index is 2.64. The van der Waals surface area contributed by atoms with Gasteiger partial charge < -0.3 is 4.74 Å². The molecule has 1 aromatic rings. The zero-order valence-corrected chi connectivity index (χ0v) is 13.1. The SMILES string of the molecule is CCOC(=O)CC(=O)CC(=O)c1ccc(C(C)(C)C)cc1. The summed E-state index contributed by atoms with van der Waals surface area (Å²) in [6.07, 6.45) is -0.618. The number of ketones is 2. The second-order valence-electron chi connectivity index (χ2n) is 5.95. The Labute approximate surface area is 125 Å². The molecule has 114 valence electrons. The molecule has 4 heteroatoms. The predicted octanol–water partition coefficient (Wildman–Crippen LogP) is 3.08. The van der Waals surface area contributed by atoms with E-state index >= 15 is 0 Å². The number of carbonyl (C=O) groups excluding carboxylic acids is 3. The summed E-state index contributed by atoms with van der Waals surface area (Å²) in [5.74, 6) is -1.28. The Kier molecular flexibility index (Phi) is 5.82.